The van der Waals surface area contributed by atoms with Crippen molar-refractivity contribution >= 4 is 29.6 Å². The fourth-order valence-electron chi connectivity index (χ4n) is 4.51. The molecular formula is C31H48N10O3. The van der Waals surface area contributed by atoms with Crippen molar-refractivity contribution in [3.8, 4) is 11.1 Å². The maximum atomic E-state index is 13.4. The van der Waals surface area contributed by atoms with Crippen LogP contribution in [0.2, 0.25) is 0 Å². The minimum atomic E-state index is -1.02. The quantitative estimate of drug-likeness (QED) is 0.0616. The molecule has 2 rings (SSSR count). The fraction of sp³-hybridized carbons (Fsp3) is 0.452. The van der Waals surface area contributed by atoms with Gasteiger partial charge in [0, 0.05) is 19.5 Å². The summed E-state index contributed by atoms with van der Waals surface area (Å²) in [6.45, 7) is 2.76. The first kappa shape index (κ1) is 35.5. The number of aliphatic imine (C=N–C) groups is 2. The van der Waals surface area contributed by atoms with Crippen LogP contribution in [0.3, 0.4) is 0 Å². The molecular weight excluding hydrogens is 560 g/mol. The van der Waals surface area contributed by atoms with Gasteiger partial charge >= 0.3 is 0 Å². The Morgan fingerprint density at radius 3 is 1.68 bits per heavy atom. The number of rotatable bonds is 19. The predicted molar refractivity (Wildman–Crippen MR) is 175 cm³/mol. The molecule has 0 aliphatic carbocycles. The monoisotopic (exact) mass is 608 g/mol. The molecule has 0 radical (unpaired) electrons. The Balaban J connectivity index is 2.17. The third kappa shape index (κ3) is 13.1. The zero-order valence-corrected chi connectivity index (χ0v) is 25.5. The van der Waals surface area contributed by atoms with Crippen molar-refractivity contribution in [2.45, 2.75) is 76.4 Å². The van der Waals surface area contributed by atoms with Crippen molar-refractivity contribution in [1.29, 1.82) is 0 Å². The van der Waals surface area contributed by atoms with Crippen molar-refractivity contribution in [2.75, 3.05) is 13.1 Å². The molecule has 14 N–H and O–H groups in total. The summed E-state index contributed by atoms with van der Waals surface area (Å²) in [6.07, 6.45) is 4.92. The molecule has 0 aromatic heterocycles. The molecule has 13 nitrogen and oxygen atoms in total. The van der Waals surface area contributed by atoms with E-state index in [0.717, 1.165) is 36.0 Å². The first-order chi connectivity index (χ1) is 21.0. The number of hydrogen-bond donors (Lipinski definition) is 8. The van der Waals surface area contributed by atoms with Gasteiger partial charge in [0.2, 0.25) is 17.7 Å². The molecule has 2 aromatic carbocycles. The van der Waals surface area contributed by atoms with Gasteiger partial charge in [-0.3, -0.25) is 24.4 Å². The van der Waals surface area contributed by atoms with Crippen LogP contribution in [0, 0.1) is 0 Å². The van der Waals surface area contributed by atoms with Crippen LogP contribution in [0.25, 0.3) is 11.1 Å². The molecule has 240 valence electrons. The highest BCUT2D eigenvalue weighted by Gasteiger charge is 2.27. The van der Waals surface area contributed by atoms with Gasteiger partial charge in [0.15, 0.2) is 11.9 Å². The van der Waals surface area contributed by atoms with Gasteiger partial charge in [0.05, 0.1) is 6.04 Å². The lowest BCUT2D eigenvalue weighted by Gasteiger charge is -2.23. The summed E-state index contributed by atoms with van der Waals surface area (Å²) in [5, 5.41) is 5.41. The van der Waals surface area contributed by atoms with Crippen LogP contribution < -0.4 is 45.0 Å². The number of benzene rings is 2. The normalized spacial score (nSPS) is 12.8. The second kappa shape index (κ2) is 18.8. The second-order valence-corrected chi connectivity index (χ2v) is 10.7. The SMILES string of the molecule is CCCCc1ccc(-c2ccc(C[C@H](NC(=O)[C@@H](N)CCCN=C(N)N)C(=O)N[C@@H](CCCN=C(N)N)C(N)=O)cc2)cc1. The zero-order chi connectivity index (χ0) is 32.5. The van der Waals surface area contributed by atoms with E-state index in [2.05, 4.69) is 51.8 Å². The fourth-order valence-corrected chi connectivity index (χ4v) is 4.51. The van der Waals surface area contributed by atoms with E-state index < -0.39 is 35.8 Å². The van der Waals surface area contributed by atoms with Crippen LogP contribution in [0.4, 0.5) is 0 Å². The van der Waals surface area contributed by atoms with Crippen LogP contribution in [-0.4, -0.2) is 60.9 Å². The summed E-state index contributed by atoms with van der Waals surface area (Å²) in [5.41, 5.74) is 37.2. The van der Waals surface area contributed by atoms with E-state index in [9.17, 15) is 14.4 Å². The third-order valence-electron chi connectivity index (χ3n) is 7.04. The van der Waals surface area contributed by atoms with Crippen LogP contribution in [0.5, 0.6) is 0 Å². The van der Waals surface area contributed by atoms with Gasteiger partial charge in [-0.25, -0.2) is 0 Å². The van der Waals surface area contributed by atoms with Gasteiger partial charge in [-0.05, 0) is 60.8 Å². The number of nitrogens with zero attached hydrogens (tertiary/aromatic N) is 2. The van der Waals surface area contributed by atoms with E-state index in [0.29, 0.717) is 25.8 Å². The molecule has 2 aromatic rings. The average Bonchev–Trinajstić information content (AvgIpc) is 2.99. The lowest BCUT2D eigenvalue weighted by Crippen LogP contribution is -2.56. The van der Waals surface area contributed by atoms with Gasteiger partial charge in [0.25, 0.3) is 0 Å². The van der Waals surface area contributed by atoms with E-state index in [1.807, 2.05) is 24.3 Å². The maximum Gasteiger partial charge on any atom is 0.243 e. The molecule has 13 heteroatoms. The first-order valence-electron chi connectivity index (χ1n) is 14.9. The Morgan fingerprint density at radius 2 is 1.18 bits per heavy atom. The number of nitrogens with one attached hydrogen (secondary N) is 2. The van der Waals surface area contributed by atoms with Gasteiger partial charge in [-0.15, -0.1) is 0 Å². The molecule has 3 atom stereocenters. The van der Waals surface area contributed by atoms with Crippen LogP contribution in [-0.2, 0) is 27.2 Å². The minimum Gasteiger partial charge on any atom is -0.370 e. The van der Waals surface area contributed by atoms with Crippen molar-refractivity contribution in [1.82, 2.24) is 10.6 Å². The molecule has 0 fully saturated rings. The van der Waals surface area contributed by atoms with Gasteiger partial charge < -0.3 is 45.0 Å². The van der Waals surface area contributed by atoms with Gasteiger partial charge in [0.1, 0.15) is 12.1 Å². The summed E-state index contributed by atoms with van der Waals surface area (Å²) in [4.78, 5) is 46.3. The summed E-state index contributed by atoms with van der Waals surface area (Å²) in [5.74, 6) is -1.91. The standard InChI is InChI=1S/C31H48N10O3/c1-2-3-6-20-9-13-22(14-10-20)23-15-11-21(12-16-23)19-26(41-28(43)24(32)7-4-17-38-30(34)35)29(44)40-25(27(33)42)8-5-18-39-31(36)37/h9-16,24-26H,2-8,17-19,32H2,1H3,(H2,33,42)(H,40,44)(H,41,43)(H4,34,35,38)(H4,36,37,39)/t24-,25-,26-/m0/s1. The van der Waals surface area contributed by atoms with Crippen LogP contribution >= 0.6 is 0 Å². The summed E-state index contributed by atoms with van der Waals surface area (Å²) >= 11 is 0. The maximum absolute atomic E-state index is 13.4. The molecule has 0 unspecified atom stereocenters. The molecule has 3 amide bonds. The Kier molecular flexibility index (Phi) is 15.2. The Bertz CT molecular complexity index is 1250. The second-order valence-electron chi connectivity index (χ2n) is 10.7. The van der Waals surface area contributed by atoms with E-state index in [-0.39, 0.29) is 31.3 Å². The topological polar surface area (TPSA) is 256 Å². The van der Waals surface area contributed by atoms with Crippen molar-refractivity contribution in [2.24, 2.45) is 44.4 Å². The number of hydrogen-bond acceptors (Lipinski definition) is 6. The van der Waals surface area contributed by atoms with Crippen LogP contribution in [0.15, 0.2) is 58.5 Å². The molecule has 0 saturated heterocycles. The van der Waals surface area contributed by atoms with E-state index in [4.69, 9.17) is 34.4 Å². The highest BCUT2D eigenvalue weighted by molar-refractivity contribution is 5.92. The molecule has 44 heavy (non-hydrogen) atoms. The highest BCUT2D eigenvalue weighted by atomic mass is 16.2. The minimum absolute atomic E-state index is 0.0444. The van der Waals surface area contributed by atoms with E-state index in [1.165, 1.54) is 5.56 Å². The third-order valence-corrected chi connectivity index (χ3v) is 7.04. The molecule has 0 bridgehead atoms. The number of nitrogens with two attached hydrogens (primary N) is 6. The molecule has 0 spiro atoms. The van der Waals surface area contributed by atoms with Crippen molar-refractivity contribution < 1.29 is 14.4 Å². The summed E-state index contributed by atoms with van der Waals surface area (Å²) in [6, 6.07) is 13.3. The number of primary amides is 1. The number of guanidine groups is 2. The Labute approximate surface area is 259 Å². The average molecular weight is 609 g/mol. The first-order valence-corrected chi connectivity index (χ1v) is 14.9. The van der Waals surface area contributed by atoms with Crippen molar-refractivity contribution in [3.05, 3.63) is 59.7 Å². The highest BCUT2D eigenvalue weighted by Crippen LogP contribution is 2.21. The molecule has 0 saturated carbocycles. The zero-order valence-electron chi connectivity index (χ0n) is 25.5. The van der Waals surface area contributed by atoms with Crippen LogP contribution in [0.1, 0.15) is 56.6 Å². The number of aryl methyl sites for hydroxylation is 1. The van der Waals surface area contributed by atoms with Gasteiger partial charge in [-0.2, -0.15) is 0 Å². The summed E-state index contributed by atoms with van der Waals surface area (Å²) < 4.78 is 0. The number of carbonyl (C=O) groups excluding carboxylic acids is 3. The largest absolute Gasteiger partial charge is 0.370 e. The molecule has 0 heterocycles. The number of amides is 3. The molecule has 0 aliphatic rings. The van der Waals surface area contributed by atoms with Crippen molar-refractivity contribution in [3.63, 3.8) is 0 Å². The lowest BCUT2D eigenvalue weighted by atomic mass is 9.98. The van der Waals surface area contributed by atoms with Gasteiger partial charge in [-0.1, -0.05) is 61.9 Å². The van der Waals surface area contributed by atoms with E-state index in [1.54, 1.807) is 0 Å². The lowest BCUT2D eigenvalue weighted by molar-refractivity contribution is -0.131. The Hall–Kier alpha value is -4.65. The number of unbranched alkanes of at least 4 members (excludes halogenated alkanes) is 1. The predicted octanol–water partition coefficient (Wildman–Crippen LogP) is 0.128. The summed E-state index contributed by atoms with van der Waals surface area (Å²) in [7, 11) is 0. The molecule has 0 aliphatic heterocycles. The smallest absolute Gasteiger partial charge is 0.243 e. The number of carbonyl (C=O) groups is 3. The van der Waals surface area contributed by atoms with E-state index >= 15 is 0 Å². The Morgan fingerprint density at radius 1 is 0.682 bits per heavy atom.